The van der Waals surface area contributed by atoms with Crippen molar-refractivity contribution in [2.45, 2.75) is 11.4 Å². The number of rotatable bonds is 3. The van der Waals surface area contributed by atoms with Crippen LogP contribution in [0, 0.1) is 0 Å². The summed E-state index contributed by atoms with van der Waals surface area (Å²) in [6.45, 7) is -0.0506. The van der Waals surface area contributed by atoms with Crippen molar-refractivity contribution in [2.75, 3.05) is 4.31 Å². The first-order chi connectivity index (χ1) is 12.5. The van der Waals surface area contributed by atoms with E-state index >= 15 is 0 Å². The van der Waals surface area contributed by atoms with Gasteiger partial charge in [0.2, 0.25) is 5.89 Å². The van der Waals surface area contributed by atoms with Gasteiger partial charge in [0.1, 0.15) is 6.54 Å². The third-order valence-corrected chi connectivity index (χ3v) is 6.44. The highest BCUT2D eigenvalue weighted by Crippen LogP contribution is 2.42. The van der Waals surface area contributed by atoms with Crippen LogP contribution in [0.3, 0.4) is 0 Å². The van der Waals surface area contributed by atoms with Crippen LogP contribution in [0.2, 0.25) is 0 Å². The van der Waals surface area contributed by atoms with Gasteiger partial charge in [-0.2, -0.15) is 0 Å². The fourth-order valence-electron chi connectivity index (χ4n) is 3.10. The predicted molar refractivity (Wildman–Crippen MR) is 97.0 cm³/mol. The summed E-state index contributed by atoms with van der Waals surface area (Å²) in [7, 11) is -3.67. The molecule has 0 amide bonds. The Labute approximate surface area is 156 Å². The van der Waals surface area contributed by atoms with E-state index in [-0.39, 0.29) is 18.3 Å². The first-order valence-corrected chi connectivity index (χ1v) is 9.90. The van der Waals surface area contributed by atoms with Gasteiger partial charge in [0.15, 0.2) is 10.4 Å². The van der Waals surface area contributed by atoms with Gasteiger partial charge >= 0.3 is 0 Å². The van der Waals surface area contributed by atoms with Crippen LogP contribution >= 0.6 is 15.9 Å². The largest absolute Gasteiger partial charge is 0.444 e. The van der Waals surface area contributed by atoms with Crippen molar-refractivity contribution in [3.05, 3.63) is 59.1 Å². The molecular formula is C17H10BrN3O4S. The zero-order valence-corrected chi connectivity index (χ0v) is 15.5. The fourth-order valence-corrected chi connectivity index (χ4v) is 5.06. The van der Waals surface area contributed by atoms with Crippen LogP contribution in [0.25, 0.3) is 22.4 Å². The van der Waals surface area contributed by atoms with Gasteiger partial charge in [-0.05, 0) is 45.6 Å². The molecule has 4 aromatic rings. The molecule has 2 aromatic heterocycles. The van der Waals surface area contributed by atoms with Crippen molar-refractivity contribution in [1.82, 2.24) is 10.2 Å². The van der Waals surface area contributed by atoms with Gasteiger partial charge in [0.25, 0.3) is 15.9 Å². The van der Waals surface area contributed by atoms with Crippen molar-refractivity contribution in [1.29, 1.82) is 0 Å². The van der Waals surface area contributed by atoms with E-state index in [4.69, 9.17) is 8.83 Å². The molecule has 0 N–H and O–H groups in total. The summed E-state index contributed by atoms with van der Waals surface area (Å²) in [6.07, 6.45) is 0. The highest BCUT2D eigenvalue weighted by molar-refractivity contribution is 9.10. The quantitative estimate of drug-likeness (QED) is 0.487. The molecule has 26 heavy (non-hydrogen) atoms. The first kappa shape index (κ1) is 15.6. The Morgan fingerprint density at radius 1 is 1.00 bits per heavy atom. The molecule has 9 heteroatoms. The Bertz CT molecular complexity index is 1260. The maximum absolute atomic E-state index is 13.0. The van der Waals surface area contributed by atoms with Gasteiger partial charge in [0, 0.05) is 5.39 Å². The lowest BCUT2D eigenvalue weighted by molar-refractivity contribution is 0.475. The van der Waals surface area contributed by atoms with Crippen LogP contribution in [0.5, 0.6) is 0 Å². The van der Waals surface area contributed by atoms with Crippen LogP contribution in [0.4, 0.5) is 5.69 Å². The molecule has 0 unspecified atom stereocenters. The summed E-state index contributed by atoms with van der Waals surface area (Å²) in [4.78, 5) is 0.292. The molecule has 130 valence electrons. The average molecular weight is 432 g/mol. The number of furan rings is 1. The van der Waals surface area contributed by atoms with Crippen molar-refractivity contribution >= 4 is 42.4 Å². The maximum atomic E-state index is 13.0. The minimum absolute atomic E-state index is 0.0506. The highest BCUT2D eigenvalue weighted by atomic mass is 79.9. The molecule has 0 fully saturated rings. The molecule has 0 saturated carbocycles. The Balaban J connectivity index is 1.56. The summed E-state index contributed by atoms with van der Waals surface area (Å²) in [5, 5.41) is 9.48. The molecular weight excluding hydrogens is 422 g/mol. The summed E-state index contributed by atoms with van der Waals surface area (Å²) in [6, 6.07) is 14.1. The molecule has 1 aliphatic rings. The summed E-state index contributed by atoms with van der Waals surface area (Å²) in [5.74, 6) is 0.782. The van der Waals surface area contributed by atoms with E-state index in [1.54, 1.807) is 30.3 Å². The second-order valence-electron chi connectivity index (χ2n) is 5.75. The van der Waals surface area contributed by atoms with E-state index in [9.17, 15) is 8.42 Å². The van der Waals surface area contributed by atoms with Crippen LogP contribution < -0.4 is 4.31 Å². The van der Waals surface area contributed by atoms with E-state index < -0.39 is 10.0 Å². The summed E-state index contributed by atoms with van der Waals surface area (Å²) >= 11 is 3.21. The van der Waals surface area contributed by atoms with E-state index in [2.05, 4.69) is 26.1 Å². The second kappa shape index (κ2) is 5.42. The van der Waals surface area contributed by atoms with Gasteiger partial charge in [-0.25, -0.2) is 8.42 Å². The van der Waals surface area contributed by atoms with Gasteiger partial charge in [-0.15, -0.1) is 10.2 Å². The number of anilines is 1. The average Bonchev–Trinajstić information content (AvgIpc) is 3.31. The number of halogens is 1. The molecule has 5 rings (SSSR count). The Morgan fingerprint density at radius 2 is 1.81 bits per heavy atom. The minimum Gasteiger partial charge on any atom is -0.444 e. The van der Waals surface area contributed by atoms with Gasteiger partial charge in [0.05, 0.1) is 10.6 Å². The van der Waals surface area contributed by atoms with Crippen molar-refractivity contribution in [3.63, 3.8) is 0 Å². The van der Waals surface area contributed by atoms with Gasteiger partial charge < -0.3 is 8.83 Å². The molecule has 0 atom stereocenters. The van der Waals surface area contributed by atoms with Crippen LogP contribution in [-0.4, -0.2) is 18.6 Å². The van der Waals surface area contributed by atoms with E-state index in [1.807, 2.05) is 18.2 Å². The lowest BCUT2D eigenvalue weighted by Gasteiger charge is -2.16. The normalized spacial score (nSPS) is 15.0. The van der Waals surface area contributed by atoms with Gasteiger partial charge in [-0.3, -0.25) is 4.31 Å². The summed E-state index contributed by atoms with van der Waals surface area (Å²) in [5.41, 5.74) is 0.610. The molecule has 2 aromatic carbocycles. The van der Waals surface area contributed by atoms with Crippen LogP contribution in [-0.2, 0) is 16.6 Å². The number of nitrogens with zero attached hydrogens (tertiary/aromatic N) is 3. The molecule has 0 bridgehead atoms. The zero-order valence-electron chi connectivity index (χ0n) is 13.1. The van der Waals surface area contributed by atoms with Gasteiger partial charge in [-0.1, -0.05) is 24.3 Å². The van der Waals surface area contributed by atoms with E-state index in [0.29, 0.717) is 26.4 Å². The lowest BCUT2D eigenvalue weighted by Crippen LogP contribution is -2.26. The first-order valence-electron chi connectivity index (χ1n) is 7.66. The second-order valence-corrected chi connectivity index (χ2v) is 8.36. The molecule has 0 aliphatic carbocycles. The molecule has 0 radical (unpaired) electrons. The SMILES string of the molecule is O=S1(=O)c2cccc3cccc(c23)N1Cc1nnc(-c2ccc(Br)o2)o1. The molecule has 7 nitrogen and oxygen atoms in total. The number of hydrogen-bond donors (Lipinski definition) is 0. The minimum atomic E-state index is -3.67. The monoisotopic (exact) mass is 431 g/mol. The van der Waals surface area contributed by atoms with Crippen molar-refractivity contribution in [2.24, 2.45) is 0 Å². The van der Waals surface area contributed by atoms with Crippen LogP contribution in [0.15, 0.2) is 66.9 Å². The van der Waals surface area contributed by atoms with Crippen molar-refractivity contribution < 1.29 is 17.3 Å². The third kappa shape index (κ3) is 2.20. The topological polar surface area (TPSA) is 89.4 Å². The van der Waals surface area contributed by atoms with Crippen molar-refractivity contribution in [3.8, 4) is 11.7 Å². The van der Waals surface area contributed by atoms with E-state index in [1.165, 1.54) is 4.31 Å². The standard InChI is InChI=1S/C17H10BrN3O4S/c18-14-8-7-12(24-14)17-20-19-15(25-17)9-21-11-5-1-3-10-4-2-6-13(16(10)11)26(21,22)23/h1-8H,9H2. The number of hydrogen-bond acceptors (Lipinski definition) is 6. The van der Waals surface area contributed by atoms with E-state index in [0.717, 1.165) is 5.39 Å². The predicted octanol–water partition coefficient (Wildman–Crippen LogP) is 3.95. The number of sulfonamides is 1. The Kier molecular flexibility index (Phi) is 3.25. The molecule has 1 aliphatic heterocycles. The third-order valence-electron chi connectivity index (χ3n) is 4.21. The summed E-state index contributed by atoms with van der Waals surface area (Å²) < 4.78 is 38.7. The Morgan fingerprint density at radius 3 is 2.58 bits per heavy atom. The number of aromatic nitrogens is 2. The molecule has 3 heterocycles. The molecule has 0 saturated heterocycles. The maximum Gasteiger partial charge on any atom is 0.283 e. The smallest absolute Gasteiger partial charge is 0.283 e. The zero-order chi connectivity index (χ0) is 17.9. The van der Waals surface area contributed by atoms with Crippen LogP contribution in [0.1, 0.15) is 5.89 Å². The Hall–Kier alpha value is -2.65. The highest BCUT2D eigenvalue weighted by Gasteiger charge is 2.36. The number of benzene rings is 2. The fraction of sp³-hybridized carbons (Fsp3) is 0.0588. The lowest BCUT2D eigenvalue weighted by atomic mass is 10.1. The molecule has 0 spiro atoms.